The first-order chi connectivity index (χ1) is 15.5. The van der Waals surface area contributed by atoms with Gasteiger partial charge in [-0.3, -0.25) is 4.79 Å². The Morgan fingerprint density at radius 3 is 2.25 bits per heavy atom. The van der Waals surface area contributed by atoms with E-state index in [2.05, 4.69) is 10.5 Å². The zero-order valence-electron chi connectivity index (χ0n) is 18.2. The second-order valence-corrected chi connectivity index (χ2v) is 6.68. The number of benzene rings is 2. The van der Waals surface area contributed by atoms with E-state index in [1.54, 1.807) is 30.3 Å². The van der Waals surface area contributed by atoms with Crippen molar-refractivity contribution >= 4 is 11.6 Å². The van der Waals surface area contributed by atoms with Crippen LogP contribution in [0.5, 0.6) is 23.0 Å². The zero-order chi connectivity index (χ0) is 23.3. The second-order valence-electron chi connectivity index (χ2n) is 6.68. The smallest absolute Gasteiger partial charge is 0.243 e. The molecule has 0 radical (unpaired) electrons. The Balaban J connectivity index is 2.07. The average molecular weight is 443 g/mol. The number of hydrogen-bond donors (Lipinski definition) is 3. The van der Waals surface area contributed by atoms with Crippen molar-refractivity contribution < 1.29 is 33.4 Å². The summed E-state index contributed by atoms with van der Waals surface area (Å²) >= 11 is 0. The Morgan fingerprint density at radius 1 is 1.03 bits per heavy atom. The van der Waals surface area contributed by atoms with Crippen LogP contribution in [0.25, 0.3) is 22.4 Å². The van der Waals surface area contributed by atoms with Crippen LogP contribution in [0.3, 0.4) is 0 Å². The van der Waals surface area contributed by atoms with E-state index in [9.17, 15) is 4.79 Å². The summed E-state index contributed by atoms with van der Waals surface area (Å²) in [6, 6.07) is 7.64. The number of anilines is 1. The molecule has 0 aliphatic carbocycles. The molecule has 0 saturated carbocycles. The van der Waals surface area contributed by atoms with Crippen LogP contribution in [0.1, 0.15) is 0 Å². The van der Waals surface area contributed by atoms with Crippen molar-refractivity contribution in [2.24, 2.45) is 5.73 Å². The topological polar surface area (TPSA) is 138 Å². The van der Waals surface area contributed by atoms with Crippen molar-refractivity contribution in [3.63, 3.8) is 0 Å². The lowest BCUT2D eigenvalue weighted by atomic mass is 10.0. The maximum absolute atomic E-state index is 12.2. The van der Waals surface area contributed by atoms with Gasteiger partial charge in [-0.2, -0.15) is 0 Å². The maximum atomic E-state index is 12.2. The predicted molar refractivity (Wildman–Crippen MR) is 117 cm³/mol. The normalized spacial score (nSPS) is 11.6. The fraction of sp³-hybridized carbons (Fsp3) is 0.273. The van der Waals surface area contributed by atoms with Crippen molar-refractivity contribution in [2.45, 2.75) is 6.04 Å². The van der Waals surface area contributed by atoms with Gasteiger partial charge < -0.3 is 39.6 Å². The minimum absolute atomic E-state index is 0.373. The predicted octanol–water partition coefficient (Wildman–Crippen LogP) is 2.30. The molecular formula is C22H25N3O7. The molecule has 0 fully saturated rings. The molecule has 0 aliphatic rings. The number of amides is 1. The van der Waals surface area contributed by atoms with E-state index in [0.29, 0.717) is 45.5 Å². The number of rotatable bonds is 9. The summed E-state index contributed by atoms with van der Waals surface area (Å²) in [6.45, 7) is -0.484. The Labute approximate surface area is 184 Å². The molecule has 32 heavy (non-hydrogen) atoms. The van der Waals surface area contributed by atoms with Gasteiger partial charge in [0.2, 0.25) is 11.7 Å². The van der Waals surface area contributed by atoms with Crippen LogP contribution < -0.4 is 30.0 Å². The van der Waals surface area contributed by atoms with Crippen LogP contribution in [0.2, 0.25) is 0 Å². The third-order valence-electron chi connectivity index (χ3n) is 4.81. The lowest BCUT2D eigenvalue weighted by Crippen LogP contribution is -2.38. The Hall–Kier alpha value is -3.76. The van der Waals surface area contributed by atoms with Gasteiger partial charge >= 0.3 is 0 Å². The van der Waals surface area contributed by atoms with E-state index in [1.807, 2.05) is 0 Å². The van der Waals surface area contributed by atoms with E-state index in [4.69, 9.17) is 34.3 Å². The van der Waals surface area contributed by atoms with Gasteiger partial charge in [0, 0.05) is 11.1 Å². The average Bonchev–Trinajstić information content (AvgIpc) is 3.32. The van der Waals surface area contributed by atoms with Crippen LogP contribution in [-0.4, -0.2) is 57.3 Å². The highest BCUT2D eigenvalue weighted by Gasteiger charge is 2.20. The molecule has 1 amide bonds. The molecule has 3 rings (SSSR count). The standard InChI is InChI=1S/C22H25N3O7/c1-28-17-6-5-12(7-16(17)24-22(27)15(23)10-26)20-14(11-32-25-20)13-8-18(29-2)21(31-4)19(9-13)30-3/h5-9,11,15,26H,10,23H2,1-4H3,(H,24,27)/t15-/m0/s1. The number of ether oxygens (including phenoxy) is 4. The molecule has 2 aromatic carbocycles. The van der Waals surface area contributed by atoms with Gasteiger partial charge in [-0.1, -0.05) is 5.16 Å². The summed E-state index contributed by atoms with van der Waals surface area (Å²) in [6.07, 6.45) is 1.50. The number of nitrogens with one attached hydrogen (secondary N) is 1. The highest BCUT2D eigenvalue weighted by atomic mass is 16.5. The van der Waals surface area contributed by atoms with E-state index >= 15 is 0 Å². The van der Waals surface area contributed by atoms with Crippen LogP contribution in [0.4, 0.5) is 5.69 Å². The summed E-state index contributed by atoms with van der Waals surface area (Å²) in [4.78, 5) is 12.2. The third kappa shape index (κ3) is 4.46. The first-order valence-electron chi connectivity index (χ1n) is 9.57. The van der Waals surface area contributed by atoms with Crippen LogP contribution in [0.15, 0.2) is 41.1 Å². The molecule has 10 nitrogen and oxygen atoms in total. The number of aromatic nitrogens is 1. The monoisotopic (exact) mass is 443 g/mol. The number of aliphatic hydroxyl groups excluding tert-OH is 1. The number of methoxy groups -OCH3 is 4. The highest BCUT2D eigenvalue weighted by Crippen LogP contribution is 2.43. The molecule has 0 spiro atoms. The number of nitrogens with two attached hydrogens (primary N) is 1. The third-order valence-corrected chi connectivity index (χ3v) is 4.81. The number of carbonyl (C=O) groups excluding carboxylic acids is 1. The second kappa shape index (κ2) is 10.0. The van der Waals surface area contributed by atoms with Crippen molar-refractivity contribution in [3.8, 4) is 45.4 Å². The number of aliphatic hydroxyl groups is 1. The van der Waals surface area contributed by atoms with Gasteiger partial charge in [0.15, 0.2) is 11.5 Å². The Morgan fingerprint density at radius 2 is 1.69 bits per heavy atom. The van der Waals surface area contributed by atoms with E-state index in [1.165, 1.54) is 34.7 Å². The molecule has 170 valence electrons. The Bertz CT molecular complexity index is 1070. The molecule has 0 saturated heterocycles. The summed E-state index contributed by atoms with van der Waals surface area (Å²) < 4.78 is 26.8. The molecule has 0 unspecified atom stereocenters. The number of hydrogen-bond acceptors (Lipinski definition) is 9. The van der Waals surface area contributed by atoms with E-state index < -0.39 is 18.6 Å². The van der Waals surface area contributed by atoms with Gasteiger partial charge in [0.05, 0.1) is 40.7 Å². The zero-order valence-corrected chi connectivity index (χ0v) is 18.2. The molecule has 0 bridgehead atoms. The fourth-order valence-corrected chi connectivity index (χ4v) is 3.15. The van der Waals surface area contributed by atoms with Gasteiger partial charge in [-0.25, -0.2) is 0 Å². The van der Waals surface area contributed by atoms with Crippen molar-refractivity contribution in [2.75, 3.05) is 40.4 Å². The van der Waals surface area contributed by atoms with E-state index in [0.717, 1.165) is 5.56 Å². The summed E-state index contributed by atoms with van der Waals surface area (Å²) in [5.74, 6) is 1.30. The molecule has 4 N–H and O–H groups in total. The van der Waals surface area contributed by atoms with Crippen molar-refractivity contribution in [3.05, 3.63) is 36.6 Å². The lowest BCUT2D eigenvalue weighted by molar-refractivity contribution is -0.118. The number of nitrogens with zero attached hydrogens (tertiary/aromatic N) is 1. The van der Waals surface area contributed by atoms with Crippen LogP contribution >= 0.6 is 0 Å². The van der Waals surface area contributed by atoms with Gasteiger partial charge in [-0.15, -0.1) is 0 Å². The van der Waals surface area contributed by atoms with Crippen molar-refractivity contribution in [1.29, 1.82) is 0 Å². The van der Waals surface area contributed by atoms with Gasteiger partial charge in [0.25, 0.3) is 0 Å². The molecule has 10 heteroatoms. The molecule has 1 atom stereocenters. The molecular weight excluding hydrogens is 418 g/mol. The van der Waals surface area contributed by atoms with Crippen LogP contribution in [0, 0.1) is 0 Å². The van der Waals surface area contributed by atoms with Gasteiger partial charge in [-0.05, 0) is 35.9 Å². The van der Waals surface area contributed by atoms with Crippen LogP contribution in [-0.2, 0) is 4.79 Å². The first-order valence-corrected chi connectivity index (χ1v) is 9.57. The minimum Gasteiger partial charge on any atom is -0.495 e. The largest absolute Gasteiger partial charge is 0.495 e. The summed E-state index contributed by atoms with van der Waals surface area (Å²) in [5, 5.41) is 15.9. The molecule has 3 aromatic rings. The molecule has 0 aliphatic heterocycles. The first kappa shape index (κ1) is 22.9. The number of carbonyl (C=O) groups is 1. The SMILES string of the molecule is COc1ccc(-c2nocc2-c2cc(OC)c(OC)c(OC)c2)cc1NC(=O)[C@@H](N)CO. The Kier molecular flexibility index (Phi) is 7.18. The summed E-state index contributed by atoms with van der Waals surface area (Å²) in [5.41, 5.74) is 8.53. The maximum Gasteiger partial charge on any atom is 0.243 e. The lowest BCUT2D eigenvalue weighted by Gasteiger charge is -2.15. The molecule has 1 aromatic heterocycles. The van der Waals surface area contributed by atoms with Gasteiger partial charge in [0.1, 0.15) is 23.7 Å². The van der Waals surface area contributed by atoms with E-state index in [-0.39, 0.29) is 0 Å². The molecule has 1 heterocycles. The highest BCUT2D eigenvalue weighted by molar-refractivity contribution is 5.97. The fourth-order valence-electron chi connectivity index (χ4n) is 3.15. The van der Waals surface area contributed by atoms with Crippen molar-refractivity contribution in [1.82, 2.24) is 5.16 Å². The minimum atomic E-state index is -1.06. The summed E-state index contributed by atoms with van der Waals surface area (Å²) in [7, 11) is 6.07. The quantitative estimate of drug-likeness (QED) is 0.455.